The summed E-state index contributed by atoms with van der Waals surface area (Å²) in [7, 11) is -1.61. The Hall–Kier alpha value is -1.97. The van der Waals surface area contributed by atoms with Crippen LogP contribution in [0.15, 0.2) is 29.2 Å². The Bertz CT molecular complexity index is 895. The Kier molecular flexibility index (Phi) is 9.24. The minimum atomic E-state index is -3.68. The van der Waals surface area contributed by atoms with Gasteiger partial charge in [-0.15, -0.1) is 0 Å². The quantitative estimate of drug-likeness (QED) is 0.491. The van der Waals surface area contributed by atoms with Gasteiger partial charge in [-0.25, -0.2) is 8.42 Å². The van der Waals surface area contributed by atoms with Crippen LogP contribution in [0.3, 0.4) is 0 Å². The number of hydrogen-bond donors (Lipinski definition) is 2. The summed E-state index contributed by atoms with van der Waals surface area (Å²) in [6.07, 6.45) is 2.39. The minimum Gasteiger partial charge on any atom is -0.353 e. The van der Waals surface area contributed by atoms with Crippen LogP contribution in [0.4, 0.5) is 0 Å². The number of carbonyl (C=O) groups excluding carboxylic acids is 2. The monoisotopic (exact) mass is 466 g/mol. The molecule has 32 heavy (non-hydrogen) atoms. The van der Waals surface area contributed by atoms with E-state index in [1.54, 1.807) is 26.0 Å². The SMILES string of the molecule is CCN(CC)S(=O)(=O)c1cccc(C(=O)NC(C(=O)NCC(C)N(C)C2CC2)C(C)C)c1. The summed E-state index contributed by atoms with van der Waals surface area (Å²) in [5.41, 5.74) is 0.207. The molecule has 1 fully saturated rings. The van der Waals surface area contributed by atoms with Crippen LogP contribution in [0.1, 0.15) is 57.8 Å². The van der Waals surface area contributed by atoms with E-state index < -0.39 is 22.0 Å². The molecule has 1 aliphatic rings. The third-order valence-electron chi connectivity index (χ3n) is 6.06. The van der Waals surface area contributed by atoms with Gasteiger partial charge in [0.2, 0.25) is 15.9 Å². The van der Waals surface area contributed by atoms with Crippen molar-refractivity contribution in [3.63, 3.8) is 0 Å². The Balaban J connectivity index is 2.08. The van der Waals surface area contributed by atoms with E-state index in [1.807, 2.05) is 13.8 Å². The fraction of sp³-hybridized carbons (Fsp3) is 0.652. The number of benzene rings is 1. The van der Waals surface area contributed by atoms with E-state index in [9.17, 15) is 18.0 Å². The molecular weight excluding hydrogens is 428 g/mol. The molecule has 0 spiro atoms. The molecule has 180 valence electrons. The summed E-state index contributed by atoms with van der Waals surface area (Å²) in [5, 5.41) is 5.74. The number of amides is 2. The summed E-state index contributed by atoms with van der Waals surface area (Å²) in [5.74, 6) is -0.840. The zero-order valence-corrected chi connectivity index (χ0v) is 20.9. The smallest absolute Gasteiger partial charge is 0.251 e. The molecule has 0 bridgehead atoms. The lowest BCUT2D eigenvalue weighted by Crippen LogP contribution is -2.52. The highest BCUT2D eigenvalue weighted by atomic mass is 32.2. The van der Waals surface area contributed by atoms with Gasteiger partial charge in [-0.05, 0) is 50.9 Å². The predicted octanol–water partition coefficient (Wildman–Crippen LogP) is 2.07. The largest absolute Gasteiger partial charge is 0.353 e. The van der Waals surface area contributed by atoms with Gasteiger partial charge in [-0.1, -0.05) is 33.8 Å². The first-order valence-corrected chi connectivity index (χ1v) is 12.9. The molecule has 0 saturated heterocycles. The predicted molar refractivity (Wildman–Crippen MR) is 126 cm³/mol. The van der Waals surface area contributed by atoms with Crippen molar-refractivity contribution in [1.82, 2.24) is 19.8 Å². The summed E-state index contributed by atoms with van der Waals surface area (Å²) in [6.45, 7) is 10.5. The van der Waals surface area contributed by atoms with Crippen molar-refractivity contribution in [3.8, 4) is 0 Å². The van der Waals surface area contributed by atoms with Crippen LogP contribution >= 0.6 is 0 Å². The van der Waals surface area contributed by atoms with E-state index in [2.05, 4.69) is 29.5 Å². The average molecular weight is 467 g/mol. The molecule has 8 nitrogen and oxygen atoms in total. The van der Waals surface area contributed by atoms with Gasteiger partial charge in [0.15, 0.2) is 0 Å². The molecule has 2 rings (SSSR count). The standard InChI is InChI=1S/C23H38N4O4S/c1-7-27(8-2)32(30,31)20-11-9-10-18(14-20)22(28)25-21(16(3)4)23(29)24-15-17(5)26(6)19-12-13-19/h9-11,14,16-17,19,21H,7-8,12-13,15H2,1-6H3,(H,24,29)(H,25,28). The van der Waals surface area contributed by atoms with Crippen molar-refractivity contribution >= 4 is 21.8 Å². The lowest BCUT2D eigenvalue weighted by Gasteiger charge is -2.27. The Morgan fingerprint density at radius 2 is 1.75 bits per heavy atom. The van der Waals surface area contributed by atoms with Gasteiger partial charge in [-0.3, -0.25) is 14.5 Å². The molecule has 0 aliphatic heterocycles. The van der Waals surface area contributed by atoms with Gasteiger partial charge in [0.25, 0.3) is 5.91 Å². The normalized spacial score (nSPS) is 16.3. The van der Waals surface area contributed by atoms with E-state index >= 15 is 0 Å². The molecule has 0 heterocycles. The Labute approximate surface area is 192 Å². The highest BCUT2D eigenvalue weighted by Gasteiger charge is 2.30. The second-order valence-electron chi connectivity index (χ2n) is 8.80. The number of likely N-dealkylation sites (N-methyl/N-ethyl adjacent to an activating group) is 1. The van der Waals surface area contributed by atoms with Gasteiger partial charge in [0.05, 0.1) is 4.90 Å². The maximum absolute atomic E-state index is 12.9. The number of hydrogen-bond acceptors (Lipinski definition) is 5. The fourth-order valence-corrected chi connectivity index (χ4v) is 5.12. The van der Waals surface area contributed by atoms with Gasteiger partial charge in [0.1, 0.15) is 6.04 Å². The third-order valence-corrected chi connectivity index (χ3v) is 8.11. The van der Waals surface area contributed by atoms with Crippen LogP contribution in [-0.2, 0) is 14.8 Å². The molecule has 2 unspecified atom stereocenters. The van der Waals surface area contributed by atoms with Crippen molar-refractivity contribution in [2.45, 2.75) is 70.5 Å². The second kappa shape index (κ2) is 11.2. The topological polar surface area (TPSA) is 98.8 Å². The molecule has 1 saturated carbocycles. The van der Waals surface area contributed by atoms with Crippen LogP contribution in [-0.4, -0.2) is 74.2 Å². The van der Waals surface area contributed by atoms with Gasteiger partial charge < -0.3 is 10.6 Å². The van der Waals surface area contributed by atoms with Crippen LogP contribution in [0.25, 0.3) is 0 Å². The van der Waals surface area contributed by atoms with Crippen molar-refractivity contribution in [1.29, 1.82) is 0 Å². The van der Waals surface area contributed by atoms with Crippen molar-refractivity contribution in [3.05, 3.63) is 29.8 Å². The van der Waals surface area contributed by atoms with Crippen LogP contribution < -0.4 is 10.6 Å². The highest BCUT2D eigenvalue weighted by molar-refractivity contribution is 7.89. The van der Waals surface area contributed by atoms with Crippen LogP contribution in [0, 0.1) is 5.92 Å². The summed E-state index contributed by atoms with van der Waals surface area (Å²) in [6, 6.07) is 6.03. The van der Waals surface area contributed by atoms with Crippen LogP contribution in [0.2, 0.25) is 0 Å². The maximum Gasteiger partial charge on any atom is 0.251 e. The van der Waals surface area contributed by atoms with E-state index in [4.69, 9.17) is 0 Å². The molecule has 2 amide bonds. The van der Waals surface area contributed by atoms with E-state index in [0.717, 1.165) is 0 Å². The molecule has 0 aromatic heterocycles. The third kappa shape index (κ3) is 6.52. The van der Waals surface area contributed by atoms with E-state index in [0.29, 0.717) is 25.7 Å². The van der Waals surface area contributed by atoms with E-state index in [-0.39, 0.29) is 28.3 Å². The lowest BCUT2D eigenvalue weighted by molar-refractivity contribution is -0.124. The number of sulfonamides is 1. The van der Waals surface area contributed by atoms with Gasteiger partial charge in [0, 0.05) is 37.3 Å². The summed E-state index contributed by atoms with van der Waals surface area (Å²) in [4.78, 5) is 28.0. The maximum atomic E-state index is 12.9. The first kappa shape index (κ1) is 26.3. The molecule has 0 radical (unpaired) electrons. The Morgan fingerprint density at radius 1 is 1.12 bits per heavy atom. The zero-order chi connectivity index (χ0) is 24.1. The van der Waals surface area contributed by atoms with Crippen molar-refractivity contribution in [2.24, 2.45) is 5.92 Å². The molecule has 1 aliphatic carbocycles. The molecule has 1 aromatic carbocycles. The van der Waals surface area contributed by atoms with Gasteiger partial charge >= 0.3 is 0 Å². The average Bonchev–Trinajstić information content (AvgIpc) is 3.60. The Morgan fingerprint density at radius 3 is 2.28 bits per heavy atom. The highest BCUT2D eigenvalue weighted by Crippen LogP contribution is 2.26. The lowest BCUT2D eigenvalue weighted by atomic mass is 10.0. The van der Waals surface area contributed by atoms with E-state index in [1.165, 1.54) is 29.3 Å². The summed E-state index contributed by atoms with van der Waals surface area (Å²) < 4.78 is 26.9. The zero-order valence-electron chi connectivity index (χ0n) is 20.1. The fourth-order valence-electron chi connectivity index (χ4n) is 3.61. The molecule has 1 aromatic rings. The molecular formula is C23H38N4O4S. The first-order valence-electron chi connectivity index (χ1n) is 11.4. The summed E-state index contributed by atoms with van der Waals surface area (Å²) >= 11 is 0. The number of carbonyl (C=O) groups is 2. The molecule has 2 atom stereocenters. The second-order valence-corrected chi connectivity index (χ2v) is 10.7. The number of rotatable bonds is 12. The van der Waals surface area contributed by atoms with Crippen LogP contribution in [0.5, 0.6) is 0 Å². The molecule has 2 N–H and O–H groups in total. The van der Waals surface area contributed by atoms with Gasteiger partial charge in [-0.2, -0.15) is 4.31 Å². The number of nitrogens with zero attached hydrogens (tertiary/aromatic N) is 2. The van der Waals surface area contributed by atoms with Crippen molar-refractivity contribution < 1.29 is 18.0 Å². The molecule has 9 heteroatoms. The first-order chi connectivity index (χ1) is 15.0. The van der Waals surface area contributed by atoms with Crippen molar-refractivity contribution in [2.75, 3.05) is 26.7 Å². The minimum absolute atomic E-state index is 0.0661. The number of nitrogens with one attached hydrogen (secondary N) is 2.